The molecule has 0 aromatic heterocycles. The van der Waals surface area contributed by atoms with E-state index in [-0.39, 0.29) is 22.8 Å². The molecule has 0 spiro atoms. The Hall–Kier alpha value is -1.86. The van der Waals surface area contributed by atoms with Gasteiger partial charge in [0, 0.05) is 44.0 Å². The summed E-state index contributed by atoms with van der Waals surface area (Å²) >= 11 is 11.5. The van der Waals surface area contributed by atoms with Crippen LogP contribution < -0.4 is 15.5 Å². The minimum Gasteiger partial charge on any atom is -0.366 e. The summed E-state index contributed by atoms with van der Waals surface area (Å²) in [6, 6.07) is 5.57. The average molecular weight is 425 g/mol. The van der Waals surface area contributed by atoms with Gasteiger partial charge in [0.1, 0.15) is 0 Å². The zero-order valence-corrected chi connectivity index (χ0v) is 18.3. The smallest absolute Gasteiger partial charge is 0.226 e. The van der Waals surface area contributed by atoms with Crippen LogP contribution in [-0.2, 0) is 9.59 Å². The lowest BCUT2D eigenvalue weighted by atomic mass is 10.1. The molecular weight excluding hydrogens is 396 g/mol. The molecule has 0 atom stereocenters. The summed E-state index contributed by atoms with van der Waals surface area (Å²) in [5.41, 5.74) is 1.70. The first-order valence-corrected chi connectivity index (χ1v) is 10.5. The highest BCUT2D eigenvalue weighted by Crippen LogP contribution is 2.30. The summed E-state index contributed by atoms with van der Waals surface area (Å²) in [6.45, 7) is 8.83. The van der Waals surface area contributed by atoms with Gasteiger partial charge in [0.15, 0.2) is 5.11 Å². The topological polar surface area (TPSA) is 64.7 Å². The van der Waals surface area contributed by atoms with Crippen molar-refractivity contribution in [1.29, 1.82) is 0 Å². The van der Waals surface area contributed by atoms with Crippen LogP contribution in [0.25, 0.3) is 0 Å². The Kier molecular flexibility index (Phi) is 8.51. The molecule has 6 nitrogen and oxygen atoms in total. The number of hydrogen-bond acceptors (Lipinski definition) is 4. The van der Waals surface area contributed by atoms with Crippen LogP contribution in [0, 0.1) is 5.92 Å². The fourth-order valence-corrected chi connectivity index (χ4v) is 3.55. The first-order valence-electron chi connectivity index (χ1n) is 9.73. The number of benzene rings is 1. The van der Waals surface area contributed by atoms with Gasteiger partial charge in [-0.05, 0) is 42.8 Å². The van der Waals surface area contributed by atoms with Crippen LogP contribution in [0.4, 0.5) is 11.4 Å². The molecule has 154 valence electrons. The Morgan fingerprint density at radius 3 is 2.50 bits per heavy atom. The van der Waals surface area contributed by atoms with Crippen LogP contribution in [0.2, 0.25) is 5.02 Å². The van der Waals surface area contributed by atoms with Gasteiger partial charge in [-0.2, -0.15) is 0 Å². The molecule has 2 amide bonds. The Balaban J connectivity index is 2.03. The van der Waals surface area contributed by atoms with Crippen molar-refractivity contribution >= 4 is 52.1 Å². The first-order chi connectivity index (χ1) is 13.3. The fourth-order valence-electron chi connectivity index (χ4n) is 3.15. The average Bonchev–Trinajstić information content (AvgIpc) is 2.61. The van der Waals surface area contributed by atoms with E-state index in [0.29, 0.717) is 31.0 Å². The number of carbonyl (C=O) groups excluding carboxylic acids is 2. The summed E-state index contributed by atoms with van der Waals surface area (Å²) in [5, 5.41) is 6.65. The first kappa shape index (κ1) is 22.4. The second-order valence-electron chi connectivity index (χ2n) is 7.38. The van der Waals surface area contributed by atoms with Gasteiger partial charge < -0.3 is 20.4 Å². The monoisotopic (exact) mass is 424 g/mol. The van der Waals surface area contributed by atoms with Gasteiger partial charge in [-0.3, -0.25) is 9.59 Å². The number of halogens is 1. The van der Waals surface area contributed by atoms with Crippen molar-refractivity contribution < 1.29 is 9.59 Å². The van der Waals surface area contributed by atoms with Gasteiger partial charge in [0.2, 0.25) is 11.8 Å². The molecule has 28 heavy (non-hydrogen) atoms. The Morgan fingerprint density at radius 1 is 1.21 bits per heavy atom. The molecule has 2 N–H and O–H groups in total. The number of anilines is 2. The van der Waals surface area contributed by atoms with E-state index in [2.05, 4.69) is 15.5 Å². The number of nitrogens with zero attached hydrogens (tertiary/aromatic N) is 2. The number of rotatable bonds is 6. The Labute approximate surface area is 177 Å². The van der Waals surface area contributed by atoms with Gasteiger partial charge in [-0.1, -0.05) is 32.4 Å². The molecule has 8 heteroatoms. The van der Waals surface area contributed by atoms with E-state index in [1.54, 1.807) is 6.07 Å². The zero-order valence-electron chi connectivity index (χ0n) is 16.8. The van der Waals surface area contributed by atoms with Gasteiger partial charge in [-0.15, -0.1) is 0 Å². The van der Waals surface area contributed by atoms with E-state index in [4.69, 9.17) is 23.8 Å². The molecule has 0 unspecified atom stereocenters. The number of hydrogen-bond donors (Lipinski definition) is 2. The predicted octanol–water partition coefficient (Wildman–Crippen LogP) is 3.65. The van der Waals surface area contributed by atoms with E-state index in [9.17, 15) is 9.59 Å². The van der Waals surface area contributed by atoms with Crippen molar-refractivity contribution in [2.24, 2.45) is 5.92 Å². The normalized spacial score (nSPS) is 14.2. The summed E-state index contributed by atoms with van der Waals surface area (Å²) in [4.78, 5) is 28.2. The fraction of sp³-hybridized carbons (Fsp3) is 0.550. The lowest BCUT2D eigenvalue weighted by Gasteiger charge is -2.37. The predicted molar refractivity (Wildman–Crippen MR) is 119 cm³/mol. The maximum Gasteiger partial charge on any atom is 0.226 e. The molecule has 1 aliphatic rings. The highest BCUT2D eigenvalue weighted by molar-refractivity contribution is 7.80. The molecule has 0 bridgehead atoms. The van der Waals surface area contributed by atoms with Crippen molar-refractivity contribution in [2.75, 3.05) is 36.4 Å². The van der Waals surface area contributed by atoms with Gasteiger partial charge in [-0.25, -0.2) is 0 Å². The van der Waals surface area contributed by atoms with E-state index >= 15 is 0 Å². The number of piperazine rings is 1. The standard InChI is InChI=1S/C20H29ClN4O2S/c1-4-5-19(27)25-10-8-24(9-11-25)17-7-6-15(21)13-16(17)22-20(28)23-18(26)12-14(2)3/h6-7,13-14H,4-5,8-12H2,1-3H3,(H2,22,23,26,28). The highest BCUT2D eigenvalue weighted by atomic mass is 35.5. The maximum atomic E-state index is 12.1. The van der Waals surface area contributed by atoms with Gasteiger partial charge >= 0.3 is 0 Å². The summed E-state index contributed by atoms with van der Waals surface area (Å²) < 4.78 is 0. The van der Waals surface area contributed by atoms with Crippen LogP contribution >= 0.6 is 23.8 Å². The van der Waals surface area contributed by atoms with Crippen molar-refractivity contribution in [2.45, 2.75) is 40.0 Å². The Morgan fingerprint density at radius 2 is 1.89 bits per heavy atom. The molecule has 0 aliphatic carbocycles. The molecule has 0 saturated carbocycles. The van der Waals surface area contributed by atoms with E-state index in [1.807, 2.05) is 37.8 Å². The Bertz CT molecular complexity index is 718. The van der Waals surface area contributed by atoms with Crippen LogP contribution in [-0.4, -0.2) is 48.0 Å². The van der Waals surface area contributed by atoms with Crippen LogP contribution in [0.3, 0.4) is 0 Å². The molecule has 1 fully saturated rings. The summed E-state index contributed by atoms with van der Waals surface area (Å²) in [5.74, 6) is 0.362. The molecule has 0 radical (unpaired) electrons. The zero-order chi connectivity index (χ0) is 20.7. The molecule has 1 saturated heterocycles. The third kappa shape index (κ3) is 6.63. The van der Waals surface area contributed by atoms with E-state index in [0.717, 1.165) is 30.9 Å². The summed E-state index contributed by atoms with van der Waals surface area (Å²) in [7, 11) is 0. The van der Waals surface area contributed by atoms with Crippen LogP contribution in [0.15, 0.2) is 18.2 Å². The van der Waals surface area contributed by atoms with Crippen molar-refractivity contribution in [3.8, 4) is 0 Å². The minimum atomic E-state index is -0.112. The van der Waals surface area contributed by atoms with Crippen LogP contribution in [0.5, 0.6) is 0 Å². The molecule has 1 aromatic rings. The maximum absolute atomic E-state index is 12.1. The molecule has 1 aliphatic heterocycles. The second kappa shape index (κ2) is 10.6. The largest absolute Gasteiger partial charge is 0.366 e. The SMILES string of the molecule is CCCC(=O)N1CCN(c2ccc(Cl)cc2NC(=S)NC(=O)CC(C)C)CC1. The molecule has 1 aromatic carbocycles. The number of nitrogens with one attached hydrogen (secondary N) is 2. The van der Waals surface area contributed by atoms with E-state index < -0.39 is 0 Å². The van der Waals surface area contributed by atoms with Crippen molar-refractivity contribution in [3.05, 3.63) is 23.2 Å². The lowest BCUT2D eigenvalue weighted by Crippen LogP contribution is -2.49. The molecule has 1 heterocycles. The number of carbonyl (C=O) groups is 2. The van der Waals surface area contributed by atoms with Gasteiger partial charge in [0.05, 0.1) is 11.4 Å². The van der Waals surface area contributed by atoms with Gasteiger partial charge in [0.25, 0.3) is 0 Å². The second-order valence-corrected chi connectivity index (χ2v) is 8.22. The number of thiocarbonyl (C=S) groups is 1. The quantitative estimate of drug-likeness (QED) is 0.682. The van der Waals surface area contributed by atoms with E-state index in [1.165, 1.54) is 0 Å². The highest BCUT2D eigenvalue weighted by Gasteiger charge is 2.22. The third-order valence-corrected chi connectivity index (χ3v) is 4.93. The lowest BCUT2D eigenvalue weighted by molar-refractivity contribution is -0.131. The van der Waals surface area contributed by atoms with Crippen molar-refractivity contribution in [3.63, 3.8) is 0 Å². The molecular formula is C20H29ClN4O2S. The molecule has 2 rings (SSSR count). The third-order valence-electron chi connectivity index (χ3n) is 4.49. The van der Waals surface area contributed by atoms with Crippen LogP contribution in [0.1, 0.15) is 40.0 Å². The minimum absolute atomic E-state index is 0.112. The van der Waals surface area contributed by atoms with Crippen molar-refractivity contribution in [1.82, 2.24) is 10.2 Å². The number of amides is 2. The summed E-state index contributed by atoms with van der Waals surface area (Å²) in [6.07, 6.45) is 1.88.